The molecule has 146 valence electrons. The molecule has 0 aliphatic heterocycles. The number of hydrogen-bond acceptors (Lipinski definition) is 4. The predicted octanol–water partition coefficient (Wildman–Crippen LogP) is 3.50. The Balaban J connectivity index is 1.61. The van der Waals surface area contributed by atoms with Crippen LogP contribution in [0.2, 0.25) is 0 Å². The van der Waals surface area contributed by atoms with Crippen molar-refractivity contribution >= 4 is 17.3 Å². The van der Waals surface area contributed by atoms with Crippen LogP contribution in [0.25, 0.3) is 0 Å². The smallest absolute Gasteiger partial charge is 0.191 e. The van der Waals surface area contributed by atoms with E-state index < -0.39 is 5.60 Å². The van der Waals surface area contributed by atoms with Gasteiger partial charge in [0.1, 0.15) is 11.4 Å². The zero-order chi connectivity index (χ0) is 19.1. The molecule has 1 saturated carbocycles. The molecule has 1 aliphatic carbocycles. The lowest BCUT2D eigenvalue weighted by Gasteiger charge is -2.23. The van der Waals surface area contributed by atoms with Gasteiger partial charge in [0.15, 0.2) is 5.96 Å². The van der Waals surface area contributed by atoms with E-state index in [0.717, 1.165) is 35.3 Å². The molecular formula is C21H29N3O2S. The van der Waals surface area contributed by atoms with E-state index >= 15 is 0 Å². The SMILES string of the molecule is CCNC(=NCc1ccccc1OCC1CC1)NCC(C)(O)c1cccs1. The van der Waals surface area contributed by atoms with Crippen molar-refractivity contribution in [1.29, 1.82) is 0 Å². The minimum atomic E-state index is -0.935. The Morgan fingerprint density at radius 1 is 1.26 bits per heavy atom. The summed E-state index contributed by atoms with van der Waals surface area (Å²) in [5.41, 5.74) is 0.135. The molecule has 3 N–H and O–H groups in total. The van der Waals surface area contributed by atoms with Crippen LogP contribution in [0.4, 0.5) is 0 Å². The van der Waals surface area contributed by atoms with Gasteiger partial charge in [-0.25, -0.2) is 4.99 Å². The van der Waals surface area contributed by atoms with Crippen LogP contribution in [0.1, 0.15) is 37.1 Å². The van der Waals surface area contributed by atoms with Crippen LogP contribution in [0.3, 0.4) is 0 Å². The van der Waals surface area contributed by atoms with Gasteiger partial charge in [0.05, 0.1) is 19.7 Å². The summed E-state index contributed by atoms with van der Waals surface area (Å²) in [6, 6.07) is 12.0. The monoisotopic (exact) mass is 387 g/mol. The van der Waals surface area contributed by atoms with Gasteiger partial charge in [-0.05, 0) is 50.1 Å². The normalized spacial score (nSPS) is 16.6. The number of aliphatic hydroxyl groups is 1. The molecule has 6 heteroatoms. The summed E-state index contributed by atoms with van der Waals surface area (Å²) < 4.78 is 5.97. The molecule has 0 bridgehead atoms. The van der Waals surface area contributed by atoms with E-state index in [2.05, 4.69) is 21.7 Å². The summed E-state index contributed by atoms with van der Waals surface area (Å²) >= 11 is 1.55. The van der Waals surface area contributed by atoms with E-state index in [-0.39, 0.29) is 0 Å². The standard InChI is InChI=1S/C21H29N3O2S/c1-3-22-20(24-15-21(2,25)19-9-6-12-27-19)23-13-17-7-4-5-8-18(17)26-14-16-10-11-16/h4-9,12,16,25H,3,10-11,13-15H2,1-2H3,(H2,22,23,24). The van der Waals surface area contributed by atoms with Crippen LogP contribution in [0, 0.1) is 5.92 Å². The Bertz CT molecular complexity index is 740. The van der Waals surface area contributed by atoms with E-state index in [4.69, 9.17) is 4.74 Å². The number of para-hydroxylation sites is 1. The van der Waals surface area contributed by atoms with Gasteiger partial charge in [0.25, 0.3) is 0 Å². The van der Waals surface area contributed by atoms with E-state index in [1.165, 1.54) is 12.8 Å². The third-order valence-corrected chi connectivity index (χ3v) is 5.67. The summed E-state index contributed by atoms with van der Waals surface area (Å²) in [6.45, 7) is 6.31. The van der Waals surface area contributed by atoms with Crippen molar-refractivity contribution in [3.8, 4) is 5.75 Å². The van der Waals surface area contributed by atoms with Crippen molar-refractivity contribution in [3.05, 3.63) is 52.2 Å². The van der Waals surface area contributed by atoms with Gasteiger partial charge >= 0.3 is 0 Å². The largest absolute Gasteiger partial charge is 0.493 e. The lowest BCUT2D eigenvalue weighted by molar-refractivity contribution is 0.0655. The Kier molecular flexibility index (Phi) is 6.74. The quantitative estimate of drug-likeness (QED) is 0.455. The summed E-state index contributed by atoms with van der Waals surface area (Å²) in [5, 5.41) is 19.2. The maximum atomic E-state index is 10.7. The maximum Gasteiger partial charge on any atom is 0.191 e. The second-order valence-corrected chi connectivity index (χ2v) is 8.11. The summed E-state index contributed by atoms with van der Waals surface area (Å²) in [5.74, 6) is 2.32. The minimum absolute atomic E-state index is 0.388. The first-order valence-corrected chi connectivity index (χ1v) is 10.5. The molecule has 1 aromatic heterocycles. The van der Waals surface area contributed by atoms with Gasteiger partial charge in [-0.3, -0.25) is 0 Å². The Labute approximate surface area is 165 Å². The van der Waals surface area contributed by atoms with Crippen LogP contribution in [-0.4, -0.2) is 30.8 Å². The molecule has 1 aromatic carbocycles. The molecule has 1 fully saturated rings. The molecule has 3 rings (SSSR count). The number of ether oxygens (including phenoxy) is 1. The second kappa shape index (κ2) is 9.24. The van der Waals surface area contributed by atoms with Crippen LogP contribution in [0.15, 0.2) is 46.8 Å². The number of nitrogens with one attached hydrogen (secondary N) is 2. The molecule has 2 aromatic rings. The molecule has 0 saturated heterocycles. The van der Waals surface area contributed by atoms with Crippen molar-refractivity contribution in [1.82, 2.24) is 10.6 Å². The molecule has 27 heavy (non-hydrogen) atoms. The lowest BCUT2D eigenvalue weighted by Crippen LogP contribution is -2.44. The zero-order valence-corrected chi connectivity index (χ0v) is 16.9. The first-order valence-electron chi connectivity index (χ1n) is 9.57. The van der Waals surface area contributed by atoms with Crippen LogP contribution < -0.4 is 15.4 Å². The van der Waals surface area contributed by atoms with Gasteiger partial charge in [-0.15, -0.1) is 11.3 Å². The molecule has 0 amide bonds. The third-order valence-electron chi connectivity index (χ3n) is 4.55. The highest BCUT2D eigenvalue weighted by molar-refractivity contribution is 7.10. The topological polar surface area (TPSA) is 65.9 Å². The number of hydrogen-bond donors (Lipinski definition) is 3. The molecule has 1 atom stereocenters. The molecule has 1 unspecified atom stereocenters. The Morgan fingerprint density at radius 3 is 2.78 bits per heavy atom. The Hall–Kier alpha value is -2.05. The van der Waals surface area contributed by atoms with Gasteiger partial charge in [-0.1, -0.05) is 24.3 Å². The van der Waals surface area contributed by atoms with Gasteiger partial charge in [-0.2, -0.15) is 0 Å². The van der Waals surface area contributed by atoms with E-state index in [9.17, 15) is 5.11 Å². The van der Waals surface area contributed by atoms with Crippen molar-refractivity contribution in [2.24, 2.45) is 10.9 Å². The van der Waals surface area contributed by atoms with Crippen molar-refractivity contribution in [2.75, 3.05) is 19.7 Å². The summed E-state index contributed by atoms with van der Waals surface area (Å²) in [7, 11) is 0. The fraction of sp³-hybridized carbons (Fsp3) is 0.476. The average molecular weight is 388 g/mol. The number of aliphatic imine (C=N–C) groups is 1. The molecule has 1 aliphatic rings. The fourth-order valence-corrected chi connectivity index (χ4v) is 3.49. The van der Waals surface area contributed by atoms with Gasteiger partial charge in [0, 0.05) is 17.0 Å². The minimum Gasteiger partial charge on any atom is -0.493 e. The van der Waals surface area contributed by atoms with Gasteiger partial charge < -0.3 is 20.5 Å². The molecule has 0 spiro atoms. The second-order valence-electron chi connectivity index (χ2n) is 7.16. The zero-order valence-electron chi connectivity index (χ0n) is 16.1. The first-order chi connectivity index (χ1) is 13.1. The number of thiophene rings is 1. The van der Waals surface area contributed by atoms with Crippen molar-refractivity contribution < 1.29 is 9.84 Å². The highest BCUT2D eigenvalue weighted by atomic mass is 32.1. The van der Waals surface area contributed by atoms with E-state index in [0.29, 0.717) is 19.0 Å². The van der Waals surface area contributed by atoms with Crippen LogP contribution in [0.5, 0.6) is 5.75 Å². The summed E-state index contributed by atoms with van der Waals surface area (Å²) in [6.07, 6.45) is 2.55. The third kappa shape index (κ3) is 5.97. The number of guanidine groups is 1. The van der Waals surface area contributed by atoms with Crippen LogP contribution >= 0.6 is 11.3 Å². The molecule has 0 radical (unpaired) electrons. The maximum absolute atomic E-state index is 10.7. The average Bonchev–Trinajstić information content (AvgIpc) is 3.32. The molecule has 1 heterocycles. The highest BCUT2D eigenvalue weighted by Crippen LogP contribution is 2.30. The van der Waals surface area contributed by atoms with Crippen LogP contribution in [-0.2, 0) is 12.1 Å². The van der Waals surface area contributed by atoms with E-state index in [1.807, 2.05) is 49.6 Å². The fourth-order valence-electron chi connectivity index (χ4n) is 2.70. The molecular weight excluding hydrogens is 358 g/mol. The van der Waals surface area contributed by atoms with Crippen molar-refractivity contribution in [2.45, 2.75) is 38.8 Å². The first kappa shape index (κ1) is 19.7. The molecule has 5 nitrogen and oxygen atoms in total. The van der Waals surface area contributed by atoms with Crippen molar-refractivity contribution in [3.63, 3.8) is 0 Å². The lowest BCUT2D eigenvalue weighted by atomic mass is 10.1. The predicted molar refractivity (Wildman–Crippen MR) is 111 cm³/mol. The number of nitrogens with zero attached hydrogens (tertiary/aromatic N) is 1. The highest BCUT2D eigenvalue weighted by Gasteiger charge is 2.24. The van der Waals surface area contributed by atoms with E-state index in [1.54, 1.807) is 11.3 Å². The number of rotatable bonds is 9. The Morgan fingerprint density at radius 2 is 2.07 bits per heavy atom. The van der Waals surface area contributed by atoms with Gasteiger partial charge in [0.2, 0.25) is 0 Å². The number of benzene rings is 1. The summed E-state index contributed by atoms with van der Waals surface area (Å²) in [4.78, 5) is 5.61.